The summed E-state index contributed by atoms with van der Waals surface area (Å²) in [4.78, 5) is 9.42. The Bertz CT molecular complexity index is 1180. The summed E-state index contributed by atoms with van der Waals surface area (Å²) in [6.45, 7) is 2.29. The van der Waals surface area contributed by atoms with Gasteiger partial charge in [-0.05, 0) is 42.8 Å². The van der Waals surface area contributed by atoms with Crippen molar-refractivity contribution < 1.29 is 14.2 Å². The molecule has 2 aromatic carbocycles. The van der Waals surface area contributed by atoms with Crippen molar-refractivity contribution in [2.24, 2.45) is 7.05 Å². The SMILES string of the molecule is COc1cc(-c2cc(C)c3c(ccc4c3ncn4C)n2)cc2c1OCO2. The van der Waals surface area contributed by atoms with E-state index in [2.05, 4.69) is 24.0 Å². The van der Waals surface area contributed by atoms with E-state index in [1.54, 1.807) is 7.11 Å². The Labute approximate surface area is 150 Å². The number of aromatic nitrogens is 3. The van der Waals surface area contributed by atoms with Crippen molar-refractivity contribution in [3.05, 3.63) is 42.2 Å². The van der Waals surface area contributed by atoms with Crippen LogP contribution < -0.4 is 14.2 Å². The van der Waals surface area contributed by atoms with E-state index in [0.717, 1.165) is 38.8 Å². The molecular formula is C20H17N3O3. The summed E-state index contributed by atoms with van der Waals surface area (Å²) < 4.78 is 18.5. The Balaban J connectivity index is 1.75. The van der Waals surface area contributed by atoms with Crippen molar-refractivity contribution in [2.75, 3.05) is 13.9 Å². The molecule has 130 valence electrons. The molecule has 26 heavy (non-hydrogen) atoms. The lowest BCUT2D eigenvalue weighted by atomic mass is 10.0. The molecule has 0 amide bonds. The first-order valence-corrected chi connectivity index (χ1v) is 8.35. The van der Waals surface area contributed by atoms with Crippen LogP contribution in [0.3, 0.4) is 0 Å². The van der Waals surface area contributed by atoms with Crippen molar-refractivity contribution in [3.63, 3.8) is 0 Å². The van der Waals surface area contributed by atoms with Gasteiger partial charge in [0.15, 0.2) is 11.5 Å². The summed E-state index contributed by atoms with van der Waals surface area (Å²) in [5.41, 5.74) is 5.91. The minimum Gasteiger partial charge on any atom is -0.493 e. The average Bonchev–Trinajstić information content (AvgIpc) is 3.27. The van der Waals surface area contributed by atoms with E-state index in [1.807, 2.05) is 36.1 Å². The maximum Gasteiger partial charge on any atom is 0.231 e. The Hall–Kier alpha value is -3.28. The average molecular weight is 347 g/mol. The number of fused-ring (bicyclic) bond motifs is 4. The standard InChI is InChI=1S/C20H17N3O3/c1-11-6-14(12-7-16(24-3)20-17(8-12)25-10-26-20)22-13-4-5-15-19(18(11)13)21-9-23(15)2/h4-9H,10H2,1-3H3. The second kappa shape index (κ2) is 5.36. The van der Waals surface area contributed by atoms with Crippen molar-refractivity contribution in [2.45, 2.75) is 6.92 Å². The highest BCUT2D eigenvalue weighted by Crippen LogP contribution is 2.44. The van der Waals surface area contributed by atoms with Gasteiger partial charge in [0, 0.05) is 18.0 Å². The fraction of sp³-hybridized carbons (Fsp3) is 0.200. The topological polar surface area (TPSA) is 58.4 Å². The molecule has 2 aromatic heterocycles. The lowest BCUT2D eigenvalue weighted by Crippen LogP contribution is -1.93. The maximum absolute atomic E-state index is 5.54. The van der Waals surface area contributed by atoms with Crippen molar-refractivity contribution in [3.8, 4) is 28.5 Å². The van der Waals surface area contributed by atoms with Crippen LogP contribution >= 0.6 is 0 Å². The van der Waals surface area contributed by atoms with Gasteiger partial charge in [0.25, 0.3) is 0 Å². The van der Waals surface area contributed by atoms with Crippen molar-refractivity contribution in [1.82, 2.24) is 14.5 Å². The largest absolute Gasteiger partial charge is 0.493 e. The first-order chi connectivity index (χ1) is 12.7. The number of pyridine rings is 1. The predicted octanol–water partition coefficient (Wildman–Crippen LogP) is 3.83. The molecule has 0 bridgehead atoms. The Morgan fingerprint density at radius 2 is 2.04 bits per heavy atom. The zero-order valence-corrected chi connectivity index (χ0v) is 14.7. The highest BCUT2D eigenvalue weighted by Gasteiger charge is 2.21. The molecule has 0 atom stereocenters. The summed E-state index contributed by atoms with van der Waals surface area (Å²) >= 11 is 0. The Morgan fingerprint density at radius 3 is 2.88 bits per heavy atom. The summed E-state index contributed by atoms with van der Waals surface area (Å²) in [5.74, 6) is 1.97. The number of rotatable bonds is 2. The van der Waals surface area contributed by atoms with Crippen LogP contribution in [-0.4, -0.2) is 28.4 Å². The molecule has 0 radical (unpaired) electrons. The van der Waals surface area contributed by atoms with Gasteiger partial charge in [0.2, 0.25) is 12.5 Å². The molecule has 6 heteroatoms. The molecule has 0 fully saturated rings. The fourth-order valence-corrected chi connectivity index (χ4v) is 3.54. The highest BCUT2D eigenvalue weighted by molar-refractivity contribution is 6.05. The highest BCUT2D eigenvalue weighted by atomic mass is 16.7. The molecule has 4 aromatic rings. The molecule has 3 heterocycles. The zero-order chi connectivity index (χ0) is 17.8. The van der Waals surface area contributed by atoms with Gasteiger partial charge in [-0.25, -0.2) is 9.97 Å². The van der Waals surface area contributed by atoms with E-state index >= 15 is 0 Å². The smallest absolute Gasteiger partial charge is 0.231 e. The molecule has 0 unspecified atom stereocenters. The lowest BCUT2D eigenvalue weighted by Gasteiger charge is -2.10. The van der Waals surface area contributed by atoms with E-state index in [-0.39, 0.29) is 6.79 Å². The summed E-state index contributed by atoms with van der Waals surface area (Å²) in [6.07, 6.45) is 1.83. The van der Waals surface area contributed by atoms with Crippen LogP contribution in [0, 0.1) is 6.92 Å². The van der Waals surface area contributed by atoms with Crippen LogP contribution in [0.15, 0.2) is 36.7 Å². The Kier molecular flexibility index (Phi) is 3.09. The number of hydrogen-bond acceptors (Lipinski definition) is 5. The third-order valence-corrected chi connectivity index (χ3v) is 4.82. The molecule has 6 nitrogen and oxygen atoms in total. The second-order valence-electron chi connectivity index (χ2n) is 6.42. The molecule has 0 saturated carbocycles. The zero-order valence-electron chi connectivity index (χ0n) is 14.7. The Morgan fingerprint density at radius 1 is 1.15 bits per heavy atom. The molecule has 0 saturated heterocycles. The minimum atomic E-state index is 0.205. The van der Waals surface area contributed by atoms with Gasteiger partial charge in [-0.15, -0.1) is 0 Å². The number of nitrogens with zero attached hydrogens (tertiary/aromatic N) is 3. The minimum absolute atomic E-state index is 0.205. The fourth-order valence-electron chi connectivity index (χ4n) is 3.54. The number of benzene rings is 2. The van der Waals surface area contributed by atoms with Crippen LogP contribution in [0.2, 0.25) is 0 Å². The number of hydrogen-bond donors (Lipinski definition) is 0. The van der Waals surface area contributed by atoms with Crippen LogP contribution in [0.1, 0.15) is 5.56 Å². The van der Waals surface area contributed by atoms with Gasteiger partial charge in [0.05, 0.1) is 35.7 Å². The number of ether oxygens (including phenoxy) is 3. The number of imidazole rings is 1. The third-order valence-electron chi connectivity index (χ3n) is 4.82. The summed E-state index contributed by atoms with van der Waals surface area (Å²) in [5, 5.41) is 1.08. The van der Waals surface area contributed by atoms with Crippen LogP contribution in [0.4, 0.5) is 0 Å². The number of methoxy groups -OCH3 is 1. The lowest BCUT2D eigenvalue weighted by molar-refractivity contribution is 0.171. The first-order valence-electron chi connectivity index (χ1n) is 8.35. The molecule has 1 aliphatic rings. The van der Waals surface area contributed by atoms with Crippen molar-refractivity contribution >= 4 is 21.9 Å². The molecule has 0 spiro atoms. The third kappa shape index (κ3) is 2.05. The number of aryl methyl sites for hydroxylation is 2. The van der Waals surface area contributed by atoms with Gasteiger partial charge in [-0.1, -0.05) is 0 Å². The molecule has 0 N–H and O–H groups in total. The van der Waals surface area contributed by atoms with Gasteiger partial charge in [-0.2, -0.15) is 0 Å². The van der Waals surface area contributed by atoms with Crippen LogP contribution in [0.25, 0.3) is 33.2 Å². The quantitative estimate of drug-likeness (QED) is 0.551. The van der Waals surface area contributed by atoms with Gasteiger partial charge < -0.3 is 18.8 Å². The summed E-state index contributed by atoms with van der Waals surface area (Å²) in [6, 6.07) is 10.0. The van der Waals surface area contributed by atoms with E-state index in [9.17, 15) is 0 Å². The maximum atomic E-state index is 5.54. The van der Waals surface area contributed by atoms with Crippen LogP contribution in [-0.2, 0) is 7.05 Å². The van der Waals surface area contributed by atoms with Gasteiger partial charge in [0.1, 0.15) is 0 Å². The van der Waals surface area contributed by atoms with Crippen molar-refractivity contribution in [1.29, 1.82) is 0 Å². The van der Waals surface area contributed by atoms with E-state index in [1.165, 1.54) is 0 Å². The molecule has 5 rings (SSSR count). The van der Waals surface area contributed by atoms with E-state index in [4.69, 9.17) is 19.2 Å². The summed E-state index contributed by atoms with van der Waals surface area (Å²) in [7, 11) is 3.62. The van der Waals surface area contributed by atoms with Gasteiger partial charge >= 0.3 is 0 Å². The monoisotopic (exact) mass is 347 g/mol. The second-order valence-corrected chi connectivity index (χ2v) is 6.42. The molecule has 0 aliphatic carbocycles. The van der Waals surface area contributed by atoms with E-state index < -0.39 is 0 Å². The normalized spacial score (nSPS) is 12.9. The first kappa shape index (κ1) is 15.0. The van der Waals surface area contributed by atoms with Crippen LogP contribution in [0.5, 0.6) is 17.2 Å². The molecular weight excluding hydrogens is 330 g/mol. The molecule has 1 aliphatic heterocycles. The van der Waals surface area contributed by atoms with Gasteiger partial charge in [-0.3, -0.25) is 0 Å². The predicted molar refractivity (Wildman–Crippen MR) is 98.9 cm³/mol. The van der Waals surface area contributed by atoms with E-state index in [0.29, 0.717) is 17.2 Å².